The Morgan fingerprint density at radius 3 is 2.41 bits per heavy atom. The largest absolute Gasteiger partial charge is 0.370 e. The molecule has 0 unspecified atom stereocenters. The van der Waals surface area contributed by atoms with E-state index < -0.39 is 12.1 Å². The zero-order chi connectivity index (χ0) is 16.1. The van der Waals surface area contributed by atoms with Crippen molar-refractivity contribution in [2.24, 2.45) is 11.7 Å². The third-order valence-corrected chi connectivity index (χ3v) is 3.86. The van der Waals surface area contributed by atoms with Crippen LogP contribution < -0.4 is 21.3 Å². The van der Waals surface area contributed by atoms with Crippen molar-refractivity contribution in [3.63, 3.8) is 0 Å². The summed E-state index contributed by atoms with van der Waals surface area (Å²) >= 11 is 0. The van der Waals surface area contributed by atoms with Crippen LogP contribution in [0.15, 0.2) is 24.3 Å². The first-order valence-corrected chi connectivity index (χ1v) is 7.70. The average Bonchev–Trinajstić information content (AvgIpc) is 2.98. The second-order valence-corrected chi connectivity index (χ2v) is 5.93. The summed E-state index contributed by atoms with van der Waals surface area (Å²) in [5.41, 5.74) is 6.95. The minimum Gasteiger partial charge on any atom is -0.370 e. The molecular formula is C16H24N4O2. The molecule has 22 heavy (non-hydrogen) atoms. The molecule has 1 heterocycles. The van der Waals surface area contributed by atoms with Crippen molar-refractivity contribution in [2.45, 2.75) is 32.7 Å². The first-order valence-electron chi connectivity index (χ1n) is 7.70. The standard InChI is InChI=1S/C16H24N4O2/c1-11(2)14(19-16(17)22)15(21)18-12-7-3-4-8-13(12)20-9-5-6-10-20/h3-4,7-8,11,14H,5-6,9-10H2,1-2H3,(H,18,21)(H3,17,19,22)/t14-/m0/s1. The number of benzene rings is 1. The summed E-state index contributed by atoms with van der Waals surface area (Å²) in [6.07, 6.45) is 2.33. The van der Waals surface area contributed by atoms with Gasteiger partial charge in [0, 0.05) is 13.1 Å². The first-order chi connectivity index (χ1) is 10.5. The lowest BCUT2D eigenvalue weighted by Crippen LogP contribution is -2.49. The summed E-state index contributed by atoms with van der Waals surface area (Å²) in [6.45, 7) is 5.74. The molecule has 0 spiro atoms. The van der Waals surface area contributed by atoms with Gasteiger partial charge in [-0.25, -0.2) is 4.79 Å². The lowest BCUT2D eigenvalue weighted by molar-refractivity contribution is -0.118. The number of carbonyl (C=O) groups excluding carboxylic acids is 2. The van der Waals surface area contributed by atoms with Crippen LogP contribution in [0.2, 0.25) is 0 Å². The highest BCUT2D eigenvalue weighted by Crippen LogP contribution is 2.28. The highest BCUT2D eigenvalue weighted by atomic mass is 16.2. The van der Waals surface area contributed by atoms with E-state index in [-0.39, 0.29) is 11.8 Å². The summed E-state index contributed by atoms with van der Waals surface area (Å²) in [4.78, 5) is 25.8. The predicted molar refractivity (Wildman–Crippen MR) is 87.9 cm³/mol. The molecule has 0 bridgehead atoms. The fraction of sp³-hybridized carbons (Fsp3) is 0.500. The summed E-state index contributed by atoms with van der Waals surface area (Å²) in [5.74, 6) is -0.299. The minimum absolute atomic E-state index is 0.0496. The summed E-state index contributed by atoms with van der Waals surface area (Å²) in [6, 6.07) is 6.40. The molecule has 0 aliphatic carbocycles. The maximum atomic E-state index is 12.5. The van der Waals surface area contributed by atoms with Crippen LogP contribution in [0.5, 0.6) is 0 Å². The molecule has 1 aliphatic heterocycles. The van der Waals surface area contributed by atoms with Crippen molar-refractivity contribution in [1.82, 2.24) is 5.32 Å². The quantitative estimate of drug-likeness (QED) is 0.776. The molecule has 1 fully saturated rings. The molecule has 120 valence electrons. The number of nitrogens with one attached hydrogen (secondary N) is 2. The molecule has 6 heteroatoms. The van der Waals surface area contributed by atoms with Gasteiger partial charge in [-0.3, -0.25) is 4.79 Å². The highest BCUT2D eigenvalue weighted by Gasteiger charge is 2.25. The number of nitrogens with zero attached hydrogens (tertiary/aromatic N) is 1. The molecule has 1 atom stereocenters. The van der Waals surface area contributed by atoms with Gasteiger partial charge in [-0.1, -0.05) is 26.0 Å². The number of amides is 3. The Balaban J connectivity index is 2.15. The molecule has 1 aliphatic rings. The Labute approximate surface area is 131 Å². The molecule has 2 rings (SSSR count). The molecule has 0 saturated carbocycles. The second kappa shape index (κ2) is 7.15. The number of anilines is 2. The van der Waals surface area contributed by atoms with Gasteiger partial charge in [0.05, 0.1) is 11.4 Å². The number of carbonyl (C=O) groups is 2. The van der Waals surface area contributed by atoms with Crippen molar-refractivity contribution in [3.8, 4) is 0 Å². The summed E-state index contributed by atoms with van der Waals surface area (Å²) < 4.78 is 0. The maximum Gasteiger partial charge on any atom is 0.312 e. The zero-order valence-corrected chi connectivity index (χ0v) is 13.1. The second-order valence-electron chi connectivity index (χ2n) is 5.93. The lowest BCUT2D eigenvalue weighted by Gasteiger charge is -2.24. The maximum absolute atomic E-state index is 12.5. The zero-order valence-electron chi connectivity index (χ0n) is 13.1. The van der Waals surface area contributed by atoms with Crippen molar-refractivity contribution in [2.75, 3.05) is 23.3 Å². The van der Waals surface area contributed by atoms with Gasteiger partial charge < -0.3 is 21.3 Å². The molecule has 0 radical (unpaired) electrons. The van der Waals surface area contributed by atoms with E-state index in [0.717, 1.165) is 24.5 Å². The van der Waals surface area contributed by atoms with Crippen LogP contribution >= 0.6 is 0 Å². The Kier molecular flexibility index (Phi) is 5.25. The fourth-order valence-electron chi connectivity index (χ4n) is 2.71. The van der Waals surface area contributed by atoms with Crippen LogP contribution in [0.1, 0.15) is 26.7 Å². The predicted octanol–water partition coefficient (Wildman–Crippen LogP) is 1.92. The lowest BCUT2D eigenvalue weighted by atomic mass is 10.0. The monoisotopic (exact) mass is 304 g/mol. The SMILES string of the molecule is CC(C)[C@H](NC(N)=O)C(=O)Nc1ccccc1N1CCCC1. The van der Waals surface area contributed by atoms with Gasteiger partial charge in [0.15, 0.2) is 0 Å². The molecule has 1 aromatic rings. The third kappa shape index (κ3) is 3.90. The van der Waals surface area contributed by atoms with E-state index in [2.05, 4.69) is 15.5 Å². The molecule has 4 N–H and O–H groups in total. The minimum atomic E-state index is -0.693. The number of para-hydroxylation sites is 2. The molecule has 1 saturated heterocycles. The molecule has 1 aromatic carbocycles. The van der Waals surface area contributed by atoms with E-state index in [1.54, 1.807) is 0 Å². The third-order valence-electron chi connectivity index (χ3n) is 3.86. The van der Waals surface area contributed by atoms with Crippen LogP contribution in [-0.4, -0.2) is 31.1 Å². The molecule has 3 amide bonds. The number of urea groups is 1. The normalized spacial score (nSPS) is 15.7. The molecular weight excluding hydrogens is 280 g/mol. The van der Waals surface area contributed by atoms with E-state index in [1.165, 1.54) is 12.8 Å². The van der Waals surface area contributed by atoms with Crippen LogP contribution in [0, 0.1) is 5.92 Å². The van der Waals surface area contributed by atoms with Crippen molar-refractivity contribution < 1.29 is 9.59 Å². The van der Waals surface area contributed by atoms with Crippen LogP contribution in [0.3, 0.4) is 0 Å². The molecule has 0 aromatic heterocycles. The van der Waals surface area contributed by atoms with Crippen LogP contribution in [-0.2, 0) is 4.79 Å². The first kappa shape index (κ1) is 16.1. The van der Waals surface area contributed by atoms with E-state index in [9.17, 15) is 9.59 Å². The van der Waals surface area contributed by atoms with Crippen molar-refractivity contribution >= 4 is 23.3 Å². The Hall–Kier alpha value is -2.24. The van der Waals surface area contributed by atoms with Gasteiger partial charge in [-0.15, -0.1) is 0 Å². The van der Waals surface area contributed by atoms with E-state index in [4.69, 9.17) is 5.73 Å². The Bertz CT molecular complexity index is 539. The van der Waals surface area contributed by atoms with Crippen LogP contribution in [0.4, 0.5) is 16.2 Å². The molecule has 6 nitrogen and oxygen atoms in total. The van der Waals surface area contributed by atoms with Gasteiger partial charge in [-0.2, -0.15) is 0 Å². The fourth-order valence-corrected chi connectivity index (χ4v) is 2.71. The smallest absolute Gasteiger partial charge is 0.312 e. The van der Waals surface area contributed by atoms with E-state index in [1.807, 2.05) is 38.1 Å². The highest BCUT2D eigenvalue weighted by molar-refractivity contribution is 5.99. The number of hydrogen-bond acceptors (Lipinski definition) is 3. The summed E-state index contributed by atoms with van der Waals surface area (Å²) in [5, 5.41) is 5.42. The Morgan fingerprint density at radius 1 is 1.18 bits per heavy atom. The van der Waals surface area contributed by atoms with Gasteiger partial charge in [-0.05, 0) is 30.9 Å². The number of rotatable bonds is 5. The number of primary amides is 1. The van der Waals surface area contributed by atoms with Gasteiger partial charge in [0.2, 0.25) is 5.91 Å². The van der Waals surface area contributed by atoms with Crippen LogP contribution in [0.25, 0.3) is 0 Å². The van der Waals surface area contributed by atoms with Gasteiger partial charge in [0.25, 0.3) is 0 Å². The van der Waals surface area contributed by atoms with Gasteiger partial charge in [0.1, 0.15) is 6.04 Å². The Morgan fingerprint density at radius 2 is 1.82 bits per heavy atom. The van der Waals surface area contributed by atoms with E-state index in [0.29, 0.717) is 0 Å². The number of nitrogens with two attached hydrogens (primary N) is 1. The van der Waals surface area contributed by atoms with Crippen molar-refractivity contribution in [3.05, 3.63) is 24.3 Å². The summed E-state index contributed by atoms with van der Waals surface area (Å²) in [7, 11) is 0. The van der Waals surface area contributed by atoms with E-state index >= 15 is 0 Å². The van der Waals surface area contributed by atoms with Gasteiger partial charge >= 0.3 is 6.03 Å². The number of hydrogen-bond donors (Lipinski definition) is 3. The topological polar surface area (TPSA) is 87.5 Å². The van der Waals surface area contributed by atoms with Crippen molar-refractivity contribution in [1.29, 1.82) is 0 Å². The average molecular weight is 304 g/mol.